The van der Waals surface area contributed by atoms with Gasteiger partial charge in [0, 0.05) is 11.5 Å². The lowest BCUT2D eigenvalue weighted by molar-refractivity contribution is -0.275. The number of aromatic amines is 1. The second-order valence-electron chi connectivity index (χ2n) is 2.83. The van der Waals surface area contributed by atoms with Crippen molar-refractivity contribution in [3.63, 3.8) is 0 Å². The Morgan fingerprint density at radius 1 is 1.53 bits per heavy atom. The average Bonchev–Trinajstić information content (AvgIpc) is 2.18. The molecule has 0 amide bonds. The number of H-pyrrole nitrogens is 1. The first-order chi connectivity index (χ1) is 7.76. The summed E-state index contributed by atoms with van der Waals surface area (Å²) in [6.45, 7) is 0. The molecule has 1 rings (SSSR count). The molecule has 0 saturated carbocycles. The molecule has 0 atom stereocenters. The Bertz CT molecular complexity index is 497. The first-order valence-corrected chi connectivity index (χ1v) is 5.18. The third kappa shape index (κ3) is 3.22. The van der Waals surface area contributed by atoms with E-state index in [-0.39, 0.29) is 10.9 Å². The lowest BCUT2D eigenvalue weighted by Gasteiger charge is -2.12. The van der Waals surface area contributed by atoms with E-state index in [1.165, 1.54) is 0 Å². The Morgan fingerprint density at radius 3 is 2.53 bits per heavy atom. The van der Waals surface area contributed by atoms with E-state index in [4.69, 9.17) is 5.11 Å². The van der Waals surface area contributed by atoms with E-state index in [0.29, 0.717) is 0 Å². The van der Waals surface area contributed by atoms with Crippen molar-refractivity contribution >= 4 is 21.9 Å². The molecular weight excluding hydrogens is 311 g/mol. The number of pyridine rings is 1. The van der Waals surface area contributed by atoms with E-state index in [9.17, 15) is 22.8 Å². The molecule has 0 aliphatic rings. The Hall–Kier alpha value is -1.51. The van der Waals surface area contributed by atoms with E-state index < -0.39 is 29.2 Å². The van der Waals surface area contributed by atoms with Gasteiger partial charge in [-0.3, -0.25) is 4.79 Å². The van der Waals surface area contributed by atoms with Crippen LogP contribution in [0.4, 0.5) is 13.2 Å². The van der Waals surface area contributed by atoms with Crippen LogP contribution >= 0.6 is 15.9 Å². The molecule has 0 aromatic carbocycles. The number of hydrogen-bond acceptors (Lipinski definition) is 3. The lowest BCUT2D eigenvalue weighted by Crippen LogP contribution is -2.26. The topological polar surface area (TPSA) is 79.4 Å². The molecule has 2 N–H and O–H groups in total. The minimum Gasteiger partial charge on any atom is -0.478 e. The first-order valence-electron chi connectivity index (χ1n) is 4.06. The highest BCUT2D eigenvalue weighted by Gasteiger charge is 2.35. The molecule has 9 heteroatoms. The number of hydrogen-bond donors (Lipinski definition) is 2. The normalized spacial score (nSPS) is 11.3. The fraction of sp³-hybridized carbons (Fsp3) is 0.250. The van der Waals surface area contributed by atoms with Crippen molar-refractivity contribution in [2.24, 2.45) is 0 Å². The molecule has 0 bridgehead atoms. The SMILES string of the molecule is O=C(O)c1c(CBr)c[nH]c(=O)c1OC(F)(F)F. The van der Waals surface area contributed by atoms with Gasteiger partial charge in [-0.2, -0.15) is 0 Å². The van der Waals surface area contributed by atoms with Crippen LogP contribution in [0.25, 0.3) is 0 Å². The van der Waals surface area contributed by atoms with Crippen LogP contribution in [0.3, 0.4) is 0 Å². The van der Waals surface area contributed by atoms with Crippen molar-refractivity contribution in [2.75, 3.05) is 0 Å². The van der Waals surface area contributed by atoms with E-state index >= 15 is 0 Å². The molecule has 5 nitrogen and oxygen atoms in total. The summed E-state index contributed by atoms with van der Waals surface area (Å²) in [7, 11) is 0. The molecule has 0 aliphatic carbocycles. The van der Waals surface area contributed by atoms with E-state index in [1.54, 1.807) is 0 Å². The number of ether oxygens (including phenoxy) is 1. The van der Waals surface area contributed by atoms with E-state index in [1.807, 2.05) is 4.98 Å². The third-order valence-electron chi connectivity index (χ3n) is 1.71. The Labute approximate surface area is 100 Å². The van der Waals surface area contributed by atoms with E-state index in [0.717, 1.165) is 6.20 Å². The highest BCUT2D eigenvalue weighted by molar-refractivity contribution is 9.08. The molecule has 17 heavy (non-hydrogen) atoms. The largest absolute Gasteiger partial charge is 0.573 e. The van der Waals surface area contributed by atoms with Crippen LogP contribution in [0.15, 0.2) is 11.0 Å². The van der Waals surface area contributed by atoms with Crippen LogP contribution in [0.1, 0.15) is 15.9 Å². The molecular formula is C8H5BrF3NO4. The van der Waals surface area contributed by atoms with Gasteiger partial charge in [-0.15, -0.1) is 13.2 Å². The molecule has 0 spiro atoms. The summed E-state index contributed by atoms with van der Waals surface area (Å²) < 4.78 is 39.5. The molecule has 1 aromatic heterocycles. The second-order valence-corrected chi connectivity index (χ2v) is 3.39. The standard InChI is InChI=1S/C8H5BrF3NO4/c9-1-3-2-13-6(14)5(4(3)7(15)16)17-8(10,11)12/h2H,1H2,(H,13,14)(H,15,16). The summed E-state index contributed by atoms with van der Waals surface area (Å²) in [6.07, 6.45) is -4.13. The van der Waals surface area contributed by atoms with Gasteiger partial charge in [-0.1, -0.05) is 15.9 Å². The Balaban J connectivity index is 3.45. The quantitative estimate of drug-likeness (QED) is 0.834. The zero-order chi connectivity index (χ0) is 13.2. The Kier molecular flexibility index (Phi) is 3.81. The van der Waals surface area contributed by atoms with Gasteiger partial charge in [0.15, 0.2) is 0 Å². The molecule has 1 aromatic rings. The summed E-state index contributed by atoms with van der Waals surface area (Å²) >= 11 is 2.89. The van der Waals surface area contributed by atoms with Gasteiger partial charge in [0.05, 0.1) is 0 Å². The van der Waals surface area contributed by atoms with Gasteiger partial charge in [0.1, 0.15) is 5.56 Å². The zero-order valence-corrected chi connectivity index (χ0v) is 9.55. The average molecular weight is 316 g/mol. The number of nitrogens with one attached hydrogen (secondary N) is 1. The minimum atomic E-state index is -5.14. The van der Waals surface area contributed by atoms with Crippen molar-refractivity contribution < 1.29 is 27.8 Å². The fourth-order valence-electron chi connectivity index (χ4n) is 1.10. The number of carboxylic acid groups (broad SMARTS) is 1. The molecule has 0 radical (unpaired) electrons. The van der Waals surface area contributed by atoms with Gasteiger partial charge in [-0.05, 0) is 5.56 Å². The molecule has 0 aliphatic heterocycles. The van der Waals surface area contributed by atoms with Crippen molar-refractivity contribution in [1.82, 2.24) is 4.98 Å². The number of rotatable bonds is 3. The van der Waals surface area contributed by atoms with Crippen molar-refractivity contribution in [2.45, 2.75) is 11.7 Å². The van der Waals surface area contributed by atoms with Crippen LogP contribution in [0, 0.1) is 0 Å². The van der Waals surface area contributed by atoms with Crippen LogP contribution in [0.5, 0.6) is 5.75 Å². The predicted octanol–water partition coefficient (Wildman–Crippen LogP) is 1.87. The maximum Gasteiger partial charge on any atom is 0.573 e. The Morgan fingerprint density at radius 2 is 2.12 bits per heavy atom. The first kappa shape index (κ1) is 13.6. The summed E-state index contributed by atoms with van der Waals surface area (Å²) in [6, 6.07) is 0. The summed E-state index contributed by atoms with van der Waals surface area (Å²) in [4.78, 5) is 23.9. The maximum absolute atomic E-state index is 12.0. The molecule has 0 fully saturated rings. The van der Waals surface area contributed by atoms with E-state index in [2.05, 4.69) is 20.7 Å². The number of alkyl halides is 4. The van der Waals surface area contributed by atoms with Crippen LogP contribution in [-0.4, -0.2) is 22.4 Å². The second kappa shape index (κ2) is 4.78. The highest BCUT2D eigenvalue weighted by Crippen LogP contribution is 2.25. The maximum atomic E-state index is 12.0. The highest BCUT2D eigenvalue weighted by atomic mass is 79.9. The lowest BCUT2D eigenvalue weighted by atomic mass is 10.1. The van der Waals surface area contributed by atoms with Crippen LogP contribution < -0.4 is 10.3 Å². The fourth-order valence-corrected chi connectivity index (χ4v) is 1.54. The molecule has 1 heterocycles. The summed E-state index contributed by atoms with van der Waals surface area (Å²) in [5.41, 5.74) is -2.11. The van der Waals surface area contributed by atoms with Gasteiger partial charge < -0.3 is 14.8 Å². The van der Waals surface area contributed by atoms with Crippen molar-refractivity contribution in [3.8, 4) is 5.75 Å². The zero-order valence-electron chi connectivity index (χ0n) is 7.97. The van der Waals surface area contributed by atoms with Gasteiger partial charge in [-0.25, -0.2) is 4.79 Å². The predicted molar refractivity (Wildman–Crippen MR) is 53.3 cm³/mol. The molecule has 0 saturated heterocycles. The van der Waals surface area contributed by atoms with Crippen molar-refractivity contribution in [1.29, 1.82) is 0 Å². The monoisotopic (exact) mass is 315 g/mol. The summed E-state index contributed by atoms with van der Waals surface area (Å²) in [5.74, 6) is -2.95. The van der Waals surface area contributed by atoms with Gasteiger partial charge in [0.2, 0.25) is 5.75 Å². The molecule has 94 valence electrons. The number of carbonyl (C=O) groups is 1. The number of aromatic nitrogens is 1. The number of halogens is 4. The summed E-state index contributed by atoms with van der Waals surface area (Å²) in [5, 5.41) is 8.74. The molecule has 0 unspecified atom stereocenters. The van der Waals surface area contributed by atoms with Gasteiger partial charge >= 0.3 is 12.3 Å². The van der Waals surface area contributed by atoms with Crippen molar-refractivity contribution in [3.05, 3.63) is 27.7 Å². The smallest absolute Gasteiger partial charge is 0.478 e. The third-order valence-corrected chi connectivity index (χ3v) is 2.31. The number of carboxylic acids is 1. The van der Waals surface area contributed by atoms with Crippen LogP contribution in [0.2, 0.25) is 0 Å². The number of aromatic carboxylic acids is 1. The minimum absolute atomic E-state index is 0.0312. The van der Waals surface area contributed by atoms with Crippen LogP contribution in [-0.2, 0) is 5.33 Å². The van der Waals surface area contributed by atoms with Gasteiger partial charge in [0.25, 0.3) is 5.56 Å².